The summed E-state index contributed by atoms with van der Waals surface area (Å²) in [6.07, 6.45) is -0.432. The van der Waals surface area contributed by atoms with Gasteiger partial charge in [0.15, 0.2) is 0 Å². The second-order valence-electron chi connectivity index (χ2n) is 4.79. The van der Waals surface area contributed by atoms with Crippen molar-refractivity contribution in [3.63, 3.8) is 0 Å². The van der Waals surface area contributed by atoms with Gasteiger partial charge in [0, 0.05) is 19.1 Å². The van der Waals surface area contributed by atoms with Crippen LogP contribution < -0.4 is 0 Å². The number of aliphatic hydroxyl groups excluding tert-OH is 1. The lowest BCUT2D eigenvalue weighted by Gasteiger charge is -2.28. The topological polar surface area (TPSA) is 47.3 Å². The molecule has 0 fully saturated rings. The van der Waals surface area contributed by atoms with Crippen molar-refractivity contribution in [2.45, 2.75) is 39.5 Å². The van der Waals surface area contributed by atoms with Crippen molar-refractivity contribution < 1.29 is 9.50 Å². The molecule has 3 nitrogen and oxygen atoms in total. The Morgan fingerprint density at radius 3 is 2.56 bits per heavy atom. The highest BCUT2D eigenvalue weighted by Crippen LogP contribution is 2.15. The minimum Gasteiger partial charge on any atom is -0.392 e. The molecule has 0 saturated heterocycles. The van der Waals surface area contributed by atoms with Gasteiger partial charge in [-0.15, -0.1) is 0 Å². The molecule has 0 aliphatic rings. The summed E-state index contributed by atoms with van der Waals surface area (Å²) in [7, 11) is 0. The maximum atomic E-state index is 13.0. The van der Waals surface area contributed by atoms with Gasteiger partial charge in [-0.3, -0.25) is 4.90 Å². The van der Waals surface area contributed by atoms with E-state index >= 15 is 0 Å². The summed E-state index contributed by atoms with van der Waals surface area (Å²) in [5.41, 5.74) is 1.14. The van der Waals surface area contributed by atoms with Crippen LogP contribution in [0.25, 0.3) is 0 Å². The smallest absolute Gasteiger partial charge is 0.124 e. The predicted molar refractivity (Wildman–Crippen MR) is 68.3 cm³/mol. The fourth-order valence-electron chi connectivity index (χ4n) is 1.81. The Hall–Kier alpha value is -1.44. The highest BCUT2D eigenvalue weighted by atomic mass is 19.1. The molecule has 1 aromatic carbocycles. The molecule has 0 aliphatic carbocycles. The van der Waals surface area contributed by atoms with Crippen LogP contribution in [0.1, 0.15) is 31.9 Å². The van der Waals surface area contributed by atoms with Gasteiger partial charge in [0.25, 0.3) is 0 Å². The predicted octanol–water partition coefficient (Wildman–Crippen LogP) is 2.29. The first kappa shape index (κ1) is 14.6. The van der Waals surface area contributed by atoms with E-state index in [9.17, 15) is 9.50 Å². The van der Waals surface area contributed by atoms with E-state index in [0.29, 0.717) is 18.7 Å². The van der Waals surface area contributed by atoms with Gasteiger partial charge in [0.2, 0.25) is 0 Å². The molecule has 0 spiro atoms. The number of nitriles is 1. The van der Waals surface area contributed by atoms with E-state index in [1.54, 1.807) is 13.0 Å². The molecule has 1 aromatic rings. The molecule has 0 heterocycles. The van der Waals surface area contributed by atoms with Crippen LogP contribution in [0, 0.1) is 17.1 Å². The number of benzene rings is 1. The molecule has 0 radical (unpaired) electrons. The second-order valence-corrected chi connectivity index (χ2v) is 4.79. The van der Waals surface area contributed by atoms with Crippen molar-refractivity contribution in [3.8, 4) is 6.07 Å². The maximum Gasteiger partial charge on any atom is 0.124 e. The van der Waals surface area contributed by atoms with Crippen molar-refractivity contribution in [1.29, 1.82) is 5.26 Å². The van der Waals surface area contributed by atoms with Crippen LogP contribution in [-0.2, 0) is 6.54 Å². The monoisotopic (exact) mass is 250 g/mol. The average Bonchev–Trinajstić information content (AvgIpc) is 2.29. The zero-order chi connectivity index (χ0) is 13.7. The fourth-order valence-corrected chi connectivity index (χ4v) is 1.81. The summed E-state index contributed by atoms with van der Waals surface area (Å²) >= 11 is 0. The first-order chi connectivity index (χ1) is 8.43. The fraction of sp³-hybridized carbons (Fsp3) is 0.500. The molecule has 0 saturated carbocycles. The van der Waals surface area contributed by atoms with Crippen molar-refractivity contribution in [2.24, 2.45) is 0 Å². The van der Waals surface area contributed by atoms with E-state index in [1.807, 2.05) is 19.9 Å². The lowest BCUT2D eigenvalue weighted by Crippen LogP contribution is -2.36. The van der Waals surface area contributed by atoms with Gasteiger partial charge in [-0.25, -0.2) is 4.39 Å². The highest BCUT2D eigenvalue weighted by Gasteiger charge is 2.14. The lowest BCUT2D eigenvalue weighted by molar-refractivity contribution is 0.103. The Balaban J connectivity index is 2.90. The lowest BCUT2D eigenvalue weighted by atomic mass is 10.1. The Morgan fingerprint density at radius 1 is 1.39 bits per heavy atom. The van der Waals surface area contributed by atoms with E-state index in [2.05, 4.69) is 4.90 Å². The number of hydrogen-bond acceptors (Lipinski definition) is 3. The summed E-state index contributed by atoms with van der Waals surface area (Å²) in [6, 6.07) is 6.49. The van der Waals surface area contributed by atoms with Gasteiger partial charge in [-0.2, -0.15) is 5.26 Å². The molecule has 0 aromatic heterocycles. The second kappa shape index (κ2) is 6.48. The van der Waals surface area contributed by atoms with Crippen molar-refractivity contribution in [2.75, 3.05) is 6.54 Å². The Labute approximate surface area is 107 Å². The molecule has 0 bridgehead atoms. The third kappa shape index (κ3) is 4.10. The summed E-state index contributed by atoms with van der Waals surface area (Å²) in [4.78, 5) is 2.05. The Kier molecular flexibility index (Phi) is 5.26. The van der Waals surface area contributed by atoms with E-state index in [-0.39, 0.29) is 6.04 Å². The minimum atomic E-state index is -0.432. The van der Waals surface area contributed by atoms with Crippen LogP contribution in [0.3, 0.4) is 0 Å². The standard InChI is InChI=1S/C14H19FN2O/c1-10(2)17(8-11(3)18)9-12-4-5-14(15)6-13(12)7-16/h4-6,10-11,18H,8-9H2,1-3H3. The molecule has 18 heavy (non-hydrogen) atoms. The molecule has 0 aliphatic heterocycles. The molecule has 0 amide bonds. The van der Waals surface area contributed by atoms with Gasteiger partial charge in [-0.05, 0) is 38.5 Å². The zero-order valence-corrected chi connectivity index (χ0v) is 11.0. The third-order valence-electron chi connectivity index (χ3n) is 2.79. The molecule has 1 N–H and O–H groups in total. The summed E-state index contributed by atoms with van der Waals surface area (Å²) in [5, 5.41) is 18.4. The van der Waals surface area contributed by atoms with Crippen LogP contribution in [0.2, 0.25) is 0 Å². The van der Waals surface area contributed by atoms with Crippen LogP contribution in [0.15, 0.2) is 18.2 Å². The van der Waals surface area contributed by atoms with Gasteiger partial charge in [0.1, 0.15) is 5.82 Å². The Bertz CT molecular complexity index is 438. The number of nitrogens with zero attached hydrogens (tertiary/aromatic N) is 2. The number of aliphatic hydroxyl groups is 1. The normalized spacial score (nSPS) is 12.8. The molecular formula is C14H19FN2O. The van der Waals surface area contributed by atoms with Gasteiger partial charge in [0.05, 0.1) is 17.7 Å². The van der Waals surface area contributed by atoms with Crippen LogP contribution in [0.4, 0.5) is 4.39 Å². The SMILES string of the molecule is CC(O)CN(Cc1ccc(F)cc1C#N)C(C)C. The van der Waals surface area contributed by atoms with Crippen molar-refractivity contribution in [1.82, 2.24) is 4.90 Å². The van der Waals surface area contributed by atoms with Gasteiger partial charge < -0.3 is 5.11 Å². The highest BCUT2D eigenvalue weighted by molar-refractivity contribution is 5.37. The largest absolute Gasteiger partial charge is 0.392 e. The van der Waals surface area contributed by atoms with E-state index in [1.165, 1.54) is 12.1 Å². The van der Waals surface area contributed by atoms with Crippen molar-refractivity contribution in [3.05, 3.63) is 35.1 Å². The molecule has 1 unspecified atom stereocenters. The molecule has 4 heteroatoms. The maximum absolute atomic E-state index is 13.0. The van der Waals surface area contributed by atoms with Crippen LogP contribution >= 0.6 is 0 Å². The van der Waals surface area contributed by atoms with Gasteiger partial charge >= 0.3 is 0 Å². The van der Waals surface area contributed by atoms with Gasteiger partial charge in [-0.1, -0.05) is 6.07 Å². The van der Waals surface area contributed by atoms with E-state index in [4.69, 9.17) is 5.26 Å². The molecule has 98 valence electrons. The average molecular weight is 250 g/mol. The quantitative estimate of drug-likeness (QED) is 0.872. The Morgan fingerprint density at radius 2 is 2.06 bits per heavy atom. The number of halogens is 1. The number of hydrogen-bond donors (Lipinski definition) is 1. The molecular weight excluding hydrogens is 231 g/mol. The third-order valence-corrected chi connectivity index (χ3v) is 2.79. The molecule has 1 atom stereocenters. The van der Waals surface area contributed by atoms with Crippen LogP contribution in [-0.4, -0.2) is 28.7 Å². The molecule has 1 rings (SSSR count). The zero-order valence-electron chi connectivity index (χ0n) is 11.0. The summed E-state index contributed by atoms with van der Waals surface area (Å²) < 4.78 is 13.0. The van der Waals surface area contributed by atoms with Crippen LogP contribution in [0.5, 0.6) is 0 Å². The first-order valence-corrected chi connectivity index (χ1v) is 6.04. The first-order valence-electron chi connectivity index (χ1n) is 6.04. The van der Waals surface area contributed by atoms with Crippen molar-refractivity contribution >= 4 is 0 Å². The van der Waals surface area contributed by atoms with E-state index in [0.717, 1.165) is 5.56 Å². The summed E-state index contributed by atoms with van der Waals surface area (Å²) in [6.45, 7) is 6.84. The number of rotatable bonds is 5. The minimum absolute atomic E-state index is 0.246. The van der Waals surface area contributed by atoms with E-state index < -0.39 is 11.9 Å². The summed E-state index contributed by atoms with van der Waals surface area (Å²) in [5.74, 6) is -0.401.